The maximum atomic E-state index is 12.6. The fraction of sp³-hybridized carbons (Fsp3) is 0.533. The van der Waals surface area contributed by atoms with Crippen molar-refractivity contribution < 1.29 is 4.79 Å². The largest absolute Gasteiger partial charge is 0.336 e. The Morgan fingerprint density at radius 3 is 2.63 bits per heavy atom. The van der Waals surface area contributed by atoms with Crippen LogP contribution in [0.3, 0.4) is 0 Å². The molecule has 0 aromatic heterocycles. The fourth-order valence-corrected chi connectivity index (χ4v) is 3.25. The Labute approximate surface area is 128 Å². The number of benzene rings is 1. The highest BCUT2D eigenvalue weighted by molar-refractivity contribution is 9.10. The predicted molar refractivity (Wildman–Crippen MR) is 82.7 cm³/mol. The first kappa shape index (κ1) is 14.9. The molecule has 1 aromatic rings. The van der Waals surface area contributed by atoms with E-state index in [0.717, 1.165) is 23.9 Å². The van der Waals surface area contributed by atoms with Crippen molar-refractivity contribution in [1.82, 2.24) is 4.90 Å². The minimum atomic E-state index is 0.117. The number of halogens is 2. The van der Waals surface area contributed by atoms with E-state index in [1.54, 1.807) is 12.1 Å². The van der Waals surface area contributed by atoms with Crippen molar-refractivity contribution in [2.24, 2.45) is 0 Å². The molecule has 1 saturated carbocycles. The minimum absolute atomic E-state index is 0.117. The van der Waals surface area contributed by atoms with E-state index in [0.29, 0.717) is 16.6 Å². The second kappa shape index (κ2) is 6.76. The lowest BCUT2D eigenvalue weighted by Gasteiger charge is -2.33. The minimum Gasteiger partial charge on any atom is -0.336 e. The molecule has 0 aliphatic heterocycles. The standard InChI is InChI=1S/C15H19BrClNO/c1-2-18(12-6-4-3-5-7-12)15(19)11-8-9-14(17)13(16)10-11/h8-10,12H,2-7H2,1H3. The second-order valence-corrected chi connectivity index (χ2v) is 6.27. The van der Waals surface area contributed by atoms with Gasteiger partial charge >= 0.3 is 0 Å². The second-order valence-electron chi connectivity index (χ2n) is 5.01. The van der Waals surface area contributed by atoms with E-state index in [-0.39, 0.29) is 5.91 Å². The highest BCUT2D eigenvalue weighted by atomic mass is 79.9. The molecule has 0 heterocycles. The molecule has 2 rings (SSSR count). The van der Waals surface area contributed by atoms with Crippen molar-refractivity contribution in [3.63, 3.8) is 0 Å². The number of amides is 1. The summed E-state index contributed by atoms with van der Waals surface area (Å²) in [4.78, 5) is 14.6. The summed E-state index contributed by atoms with van der Waals surface area (Å²) in [5, 5.41) is 0.636. The quantitative estimate of drug-likeness (QED) is 0.764. The maximum Gasteiger partial charge on any atom is 0.254 e. The van der Waals surface area contributed by atoms with E-state index < -0.39 is 0 Å². The molecular weight excluding hydrogens is 326 g/mol. The molecule has 1 fully saturated rings. The Balaban J connectivity index is 2.17. The molecule has 0 spiro atoms. The van der Waals surface area contributed by atoms with Crippen LogP contribution in [-0.2, 0) is 0 Å². The lowest BCUT2D eigenvalue weighted by atomic mass is 9.93. The van der Waals surface area contributed by atoms with Crippen molar-refractivity contribution in [2.75, 3.05) is 6.54 Å². The van der Waals surface area contributed by atoms with Crippen molar-refractivity contribution >= 4 is 33.4 Å². The van der Waals surface area contributed by atoms with E-state index in [1.807, 2.05) is 11.0 Å². The topological polar surface area (TPSA) is 20.3 Å². The third kappa shape index (κ3) is 3.51. The number of carbonyl (C=O) groups excluding carboxylic acids is 1. The predicted octanol–water partition coefficient (Wildman–Crippen LogP) is 4.90. The molecule has 4 heteroatoms. The molecule has 2 nitrogen and oxygen atoms in total. The first-order valence-corrected chi connectivity index (χ1v) is 8.06. The smallest absolute Gasteiger partial charge is 0.254 e. The number of carbonyl (C=O) groups is 1. The van der Waals surface area contributed by atoms with Gasteiger partial charge in [-0.25, -0.2) is 0 Å². The van der Waals surface area contributed by atoms with Crippen LogP contribution in [0.15, 0.2) is 22.7 Å². The molecular formula is C15H19BrClNO. The van der Waals surface area contributed by atoms with Crippen LogP contribution in [0.5, 0.6) is 0 Å². The summed E-state index contributed by atoms with van der Waals surface area (Å²) in [6, 6.07) is 5.80. The molecule has 0 N–H and O–H groups in total. The zero-order valence-electron chi connectivity index (χ0n) is 11.2. The van der Waals surface area contributed by atoms with Gasteiger partial charge < -0.3 is 4.90 Å². The van der Waals surface area contributed by atoms with Crippen LogP contribution in [0.25, 0.3) is 0 Å². The molecule has 104 valence electrons. The van der Waals surface area contributed by atoms with E-state index in [9.17, 15) is 4.79 Å². The van der Waals surface area contributed by atoms with E-state index in [1.165, 1.54) is 19.3 Å². The lowest BCUT2D eigenvalue weighted by molar-refractivity contribution is 0.0648. The van der Waals surface area contributed by atoms with Crippen LogP contribution >= 0.6 is 27.5 Å². The van der Waals surface area contributed by atoms with Crippen molar-refractivity contribution in [3.05, 3.63) is 33.3 Å². The first-order valence-electron chi connectivity index (χ1n) is 6.89. The number of hydrogen-bond acceptors (Lipinski definition) is 1. The van der Waals surface area contributed by atoms with Gasteiger partial charge in [-0.1, -0.05) is 30.9 Å². The summed E-state index contributed by atoms with van der Waals surface area (Å²) in [6.45, 7) is 2.82. The summed E-state index contributed by atoms with van der Waals surface area (Å²) in [5.41, 5.74) is 0.712. The zero-order chi connectivity index (χ0) is 13.8. The molecule has 1 aromatic carbocycles. The Hall–Kier alpha value is -0.540. The van der Waals surface area contributed by atoms with Crippen LogP contribution < -0.4 is 0 Å². The van der Waals surface area contributed by atoms with Crippen LogP contribution in [0.2, 0.25) is 5.02 Å². The SMILES string of the molecule is CCN(C(=O)c1ccc(Cl)c(Br)c1)C1CCCCC1. The van der Waals surface area contributed by atoms with Gasteiger partial charge in [0.2, 0.25) is 0 Å². The zero-order valence-corrected chi connectivity index (χ0v) is 13.5. The molecule has 1 aliphatic carbocycles. The summed E-state index contributed by atoms with van der Waals surface area (Å²) >= 11 is 9.35. The molecule has 1 amide bonds. The van der Waals surface area contributed by atoms with Crippen LogP contribution in [0.4, 0.5) is 0 Å². The fourth-order valence-electron chi connectivity index (χ4n) is 2.76. The molecule has 0 saturated heterocycles. The van der Waals surface area contributed by atoms with Gasteiger partial charge in [0.1, 0.15) is 0 Å². The molecule has 0 unspecified atom stereocenters. The van der Waals surface area contributed by atoms with E-state index in [4.69, 9.17) is 11.6 Å². The van der Waals surface area contributed by atoms with Gasteiger partial charge in [-0.3, -0.25) is 4.79 Å². The summed E-state index contributed by atoms with van der Waals surface area (Å²) in [5.74, 6) is 0.117. The monoisotopic (exact) mass is 343 g/mol. The summed E-state index contributed by atoms with van der Waals surface area (Å²) < 4.78 is 0.778. The maximum absolute atomic E-state index is 12.6. The van der Waals surface area contributed by atoms with Crippen LogP contribution in [0, 0.1) is 0 Å². The normalized spacial score (nSPS) is 16.4. The van der Waals surface area contributed by atoms with Crippen LogP contribution in [0.1, 0.15) is 49.4 Å². The third-order valence-electron chi connectivity index (χ3n) is 3.78. The Morgan fingerprint density at radius 1 is 1.37 bits per heavy atom. The summed E-state index contributed by atoms with van der Waals surface area (Å²) in [6.07, 6.45) is 6.04. The molecule has 1 aliphatic rings. The van der Waals surface area contributed by atoms with Gasteiger partial charge in [-0.15, -0.1) is 0 Å². The lowest BCUT2D eigenvalue weighted by Crippen LogP contribution is -2.41. The van der Waals surface area contributed by atoms with Gasteiger partial charge in [0.15, 0.2) is 0 Å². The number of hydrogen-bond donors (Lipinski definition) is 0. The van der Waals surface area contributed by atoms with Crippen molar-refractivity contribution in [2.45, 2.75) is 45.1 Å². The van der Waals surface area contributed by atoms with Gasteiger partial charge in [-0.05, 0) is 53.9 Å². The molecule has 19 heavy (non-hydrogen) atoms. The molecule has 0 atom stereocenters. The first-order chi connectivity index (χ1) is 9.13. The number of nitrogens with zero attached hydrogens (tertiary/aromatic N) is 1. The van der Waals surface area contributed by atoms with Crippen molar-refractivity contribution in [3.8, 4) is 0 Å². The number of rotatable bonds is 3. The van der Waals surface area contributed by atoms with Gasteiger partial charge in [-0.2, -0.15) is 0 Å². The van der Waals surface area contributed by atoms with Gasteiger partial charge in [0, 0.05) is 22.6 Å². The highest BCUT2D eigenvalue weighted by Gasteiger charge is 2.25. The highest BCUT2D eigenvalue weighted by Crippen LogP contribution is 2.27. The van der Waals surface area contributed by atoms with Crippen molar-refractivity contribution in [1.29, 1.82) is 0 Å². The van der Waals surface area contributed by atoms with Crippen LogP contribution in [-0.4, -0.2) is 23.4 Å². The van der Waals surface area contributed by atoms with E-state index >= 15 is 0 Å². The Morgan fingerprint density at radius 2 is 2.05 bits per heavy atom. The molecule has 0 radical (unpaired) electrons. The third-order valence-corrected chi connectivity index (χ3v) is 5.00. The Bertz CT molecular complexity index is 457. The summed E-state index contributed by atoms with van der Waals surface area (Å²) in [7, 11) is 0. The van der Waals surface area contributed by atoms with Gasteiger partial charge in [0.25, 0.3) is 5.91 Å². The average molecular weight is 345 g/mol. The Kier molecular flexibility index (Phi) is 5.28. The van der Waals surface area contributed by atoms with E-state index in [2.05, 4.69) is 22.9 Å². The molecule has 0 bridgehead atoms. The van der Waals surface area contributed by atoms with Gasteiger partial charge in [0.05, 0.1) is 5.02 Å². The average Bonchev–Trinajstić information content (AvgIpc) is 2.44.